The molecule has 0 unspecified atom stereocenters. The van der Waals surface area contributed by atoms with Gasteiger partial charge in [-0.05, 0) is 25.2 Å². The van der Waals surface area contributed by atoms with Crippen molar-refractivity contribution in [3.05, 3.63) is 73.8 Å². The van der Waals surface area contributed by atoms with Crippen LogP contribution in [0.3, 0.4) is 0 Å². The molecular formula is C16H20N2O2WY3. The average molecular weight is 723 g/mol. The quantitative estimate of drug-likeness (QED) is 0.367. The monoisotopic (exact) mass is 723 g/mol. The van der Waals surface area contributed by atoms with Gasteiger partial charge in [-0.1, -0.05) is 36.4 Å². The summed E-state index contributed by atoms with van der Waals surface area (Å²) >= 11 is 0. The van der Waals surface area contributed by atoms with Gasteiger partial charge in [-0.3, -0.25) is 14.1 Å². The molecule has 0 atom stereocenters. The molecule has 121 valence electrons. The van der Waals surface area contributed by atoms with Gasteiger partial charge < -0.3 is 20.8 Å². The van der Waals surface area contributed by atoms with Crippen molar-refractivity contribution in [1.29, 1.82) is 0 Å². The molecule has 0 heterocycles. The molecule has 2 aromatic rings. The molecule has 4 nitrogen and oxygen atoms in total. The number of nitrogens with one attached hydrogen (secondary N) is 2. The van der Waals surface area contributed by atoms with Gasteiger partial charge in [-0.25, -0.2) is 0 Å². The first kappa shape index (κ1) is 33.5. The zero-order chi connectivity index (χ0) is 14.8. The second kappa shape index (κ2) is 21.3. The maximum atomic E-state index is 9.17. The van der Waals surface area contributed by atoms with E-state index in [2.05, 4.69) is 24.7 Å². The van der Waals surface area contributed by atoms with Crippen molar-refractivity contribution in [3.8, 4) is 11.5 Å². The Balaban J connectivity index is -0.000000143. The number of para-hydroxylation sites is 2. The molecule has 0 aliphatic carbocycles. The second-order valence-corrected chi connectivity index (χ2v) is 4.11. The molecule has 0 spiro atoms. The Kier molecular flexibility index (Phi) is 29.7. The number of hydrogen-bond donors (Lipinski definition) is 4. The topological polar surface area (TPSA) is 64.5 Å². The van der Waals surface area contributed by atoms with Gasteiger partial charge in [-0.2, -0.15) is 0 Å². The normalized spacial score (nSPS) is 8.08. The zero-order valence-electron chi connectivity index (χ0n) is 13.5. The van der Waals surface area contributed by atoms with Gasteiger partial charge >= 0.3 is 21.1 Å². The third-order valence-corrected chi connectivity index (χ3v) is 2.61. The third-order valence-electron chi connectivity index (χ3n) is 2.61. The van der Waals surface area contributed by atoms with Crippen molar-refractivity contribution < 1.29 is 129 Å². The number of phenols is 2. The average Bonchev–Trinajstić information content (AvgIpc) is 2.45. The van der Waals surface area contributed by atoms with Crippen LogP contribution >= 0.6 is 0 Å². The van der Waals surface area contributed by atoms with E-state index in [0.717, 1.165) is 11.1 Å². The molecule has 0 fully saturated rings. The summed E-state index contributed by atoms with van der Waals surface area (Å²) in [5, 5.41) is 23.8. The number of aromatic hydroxyl groups is 2. The van der Waals surface area contributed by atoms with Gasteiger partial charge in [0.15, 0.2) is 0 Å². The van der Waals surface area contributed by atoms with Crippen molar-refractivity contribution in [1.82, 2.24) is 10.6 Å². The minimum atomic E-state index is 0. The molecule has 0 amide bonds. The molecule has 4 N–H and O–H groups in total. The Morgan fingerprint density at radius 2 is 0.958 bits per heavy atom. The first-order chi connectivity index (χ1) is 9.69. The smallest absolute Gasteiger partial charge is 0.508 e. The van der Waals surface area contributed by atoms with Crippen LogP contribution in [0.15, 0.2) is 48.5 Å². The van der Waals surface area contributed by atoms with Crippen LogP contribution in [0, 0.1) is 14.1 Å². The van der Waals surface area contributed by atoms with Crippen LogP contribution in [0.4, 0.5) is 0 Å². The van der Waals surface area contributed by atoms with Gasteiger partial charge in [0.25, 0.3) is 0 Å². The summed E-state index contributed by atoms with van der Waals surface area (Å²) < 4.78 is 0. The summed E-state index contributed by atoms with van der Waals surface area (Å²) in [6, 6.07) is 14.4. The predicted molar refractivity (Wildman–Crippen MR) is 80.6 cm³/mol. The van der Waals surface area contributed by atoms with Crippen molar-refractivity contribution in [2.75, 3.05) is 0 Å². The standard InChI is InChI=1S/2C8H10NO.W.3Y/c2*1-9-6-7-4-2-3-5-8(7)10;;;;/h2*2-5,9-10H,1,6H2;;;;/q2*-1;+2;;;. The fourth-order valence-electron chi connectivity index (χ4n) is 1.59. The fraction of sp³-hybridized carbons (Fsp3) is 0.125. The Hall–Kier alpha value is 1.96. The first-order valence-corrected chi connectivity index (χ1v) is 6.22. The van der Waals surface area contributed by atoms with E-state index in [0.29, 0.717) is 24.6 Å². The van der Waals surface area contributed by atoms with Crippen molar-refractivity contribution in [3.63, 3.8) is 0 Å². The van der Waals surface area contributed by atoms with Crippen LogP contribution in [0.1, 0.15) is 11.1 Å². The minimum absolute atomic E-state index is 0. The summed E-state index contributed by atoms with van der Waals surface area (Å²) in [5.74, 6) is 0.636. The number of hydrogen-bond acceptors (Lipinski definition) is 4. The number of rotatable bonds is 4. The molecule has 0 aliphatic rings. The predicted octanol–water partition coefficient (Wildman–Crippen LogP) is 2.54. The Morgan fingerprint density at radius 3 is 1.21 bits per heavy atom. The molecule has 0 aliphatic heterocycles. The third kappa shape index (κ3) is 14.1. The molecule has 3 radical (unpaired) electrons. The van der Waals surface area contributed by atoms with Gasteiger partial charge in [0.05, 0.1) is 0 Å². The van der Waals surface area contributed by atoms with Crippen LogP contribution in [0.25, 0.3) is 0 Å². The Bertz CT molecular complexity index is 487. The van der Waals surface area contributed by atoms with Crippen LogP contribution in [-0.4, -0.2) is 10.2 Å². The molecule has 0 saturated carbocycles. The van der Waals surface area contributed by atoms with Crippen molar-refractivity contribution in [2.45, 2.75) is 13.1 Å². The van der Waals surface area contributed by atoms with E-state index in [-0.39, 0.29) is 119 Å². The SMILES string of the molecule is [CH2-]NCc1ccccc1O.[CH2-]NCc1ccccc1O.[W+2].[Y].[Y].[Y]. The van der Waals surface area contributed by atoms with Crippen LogP contribution in [0.2, 0.25) is 0 Å². The van der Waals surface area contributed by atoms with Gasteiger partial charge in [-0.15, -0.1) is 0 Å². The molecule has 8 heteroatoms. The Morgan fingerprint density at radius 1 is 0.667 bits per heavy atom. The van der Waals surface area contributed by atoms with E-state index in [1.54, 1.807) is 24.3 Å². The van der Waals surface area contributed by atoms with Gasteiger partial charge in [0, 0.05) is 109 Å². The van der Waals surface area contributed by atoms with Crippen LogP contribution in [-0.2, 0) is 132 Å². The summed E-state index contributed by atoms with van der Waals surface area (Å²) in [5.41, 5.74) is 1.75. The molecule has 0 bridgehead atoms. The van der Waals surface area contributed by atoms with E-state index >= 15 is 0 Å². The van der Waals surface area contributed by atoms with Crippen molar-refractivity contribution in [2.24, 2.45) is 0 Å². The maximum Gasteiger partial charge on any atom is 2.00 e. The molecule has 0 saturated heterocycles. The van der Waals surface area contributed by atoms with E-state index < -0.39 is 0 Å². The summed E-state index contributed by atoms with van der Waals surface area (Å²) in [7, 11) is 6.92. The summed E-state index contributed by atoms with van der Waals surface area (Å²) in [6.07, 6.45) is 0. The van der Waals surface area contributed by atoms with E-state index in [4.69, 9.17) is 0 Å². The molecule has 0 aromatic heterocycles. The van der Waals surface area contributed by atoms with E-state index in [9.17, 15) is 10.2 Å². The largest absolute Gasteiger partial charge is 2.00 e. The number of phenolic OH excluding ortho intramolecular Hbond substituents is 2. The van der Waals surface area contributed by atoms with Crippen LogP contribution < -0.4 is 10.6 Å². The molecule has 2 rings (SSSR count). The van der Waals surface area contributed by atoms with E-state index in [1.165, 1.54) is 0 Å². The first-order valence-electron chi connectivity index (χ1n) is 6.22. The molecular weight excluding hydrogens is 703 g/mol. The summed E-state index contributed by atoms with van der Waals surface area (Å²) in [4.78, 5) is 0. The Labute approximate surface area is 234 Å². The second-order valence-electron chi connectivity index (χ2n) is 4.11. The fourth-order valence-corrected chi connectivity index (χ4v) is 1.59. The minimum Gasteiger partial charge on any atom is -0.508 e. The maximum absolute atomic E-state index is 9.17. The van der Waals surface area contributed by atoms with Crippen LogP contribution in [0.5, 0.6) is 11.5 Å². The summed E-state index contributed by atoms with van der Waals surface area (Å²) in [6.45, 7) is 1.21. The number of benzene rings is 2. The van der Waals surface area contributed by atoms with E-state index in [1.807, 2.05) is 24.3 Å². The van der Waals surface area contributed by atoms with Crippen molar-refractivity contribution >= 4 is 0 Å². The van der Waals surface area contributed by atoms with Gasteiger partial charge in [0.1, 0.15) is 11.5 Å². The zero-order valence-corrected chi connectivity index (χ0v) is 24.9. The molecule has 24 heavy (non-hydrogen) atoms. The molecule has 2 aromatic carbocycles. The van der Waals surface area contributed by atoms with Gasteiger partial charge in [0.2, 0.25) is 0 Å².